The average molecular weight is 564 g/mol. The molecule has 0 spiro atoms. The van der Waals surface area contributed by atoms with E-state index in [1.165, 1.54) is 5.39 Å². The molecule has 10 rings (SSSR count). The molecule has 0 saturated heterocycles. The molecule has 4 aromatic heterocycles. The summed E-state index contributed by atoms with van der Waals surface area (Å²) in [5.74, 6) is 1.97. The molecule has 6 aromatic carbocycles. The van der Waals surface area contributed by atoms with Crippen LogP contribution in [0.2, 0.25) is 0 Å². The SMILES string of the molecule is c1ccc2cc(-c3ncc4c5ccccc5c5cnc(-n6c7ccccc7n7c8ccccc8nc67)nc5c4n3)ccc2c1. The standard InChI is InChI=1S/C37H21N7/c1-2-10-23-19-24(18-17-22(23)9-1)35-38-20-27-25-11-3-4-12-26(25)28-21-39-36(42-34(28)33(27)41-35)44-32-16-8-7-15-31(32)43-30-14-6-5-13-29(30)40-37(43)44/h1-21H. The van der Waals surface area contributed by atoms with Crippen LogP contribution in [-0.4, -0.2) is 33.9 Å². The molecule has 204 valence electrons. The largest absolute Gasteiger partial charge is 0.276 e. The highest BCUT2D eigenvalue weighted by atomic mass is 15.3. The Morgan fingerprint density at radius 2 is 1.14 bits per heavy atom. The third kappa shape index (κ3) is 3.18. The Morgan fingerprint density at radius 1 is 0.477 bits per heavy atom. The fourth-order valence-electron chi connectivity index (χ4n) is 6.59. The van der Waals surface area contributed by atoms with E-state index in [2.05, 4.69) is 77.2 Å². The van der Waals surface area contributed by atoms with Gasteiger partial charge in [-0.2, -0.15) is 0 Å². The highest BCUT2D eigenvalue weighted by Gasteiger charge is 2.20. The van der Waals surface area contributed by atoms with Crippen LogP contribution in [0.3, 0.4) is 0 Å². The molecule has 0 N–H and O–H groups in total. The summed E-state index contributed by atoms with van der Waals surface area (Å²) in [6.07, 6.45) is 3.85. The summed E-state index contributed by atoms with van der Waals surface area (Å²) < 4.78 is 4.22. The van der Waals surface area contributed by atoms with Crippen molar-refractivity contribution in [2.45, 2.75) is 0 Å². The van der Waals surface area contributed by atoms with Gasteiger partial charge in [-0.25, -0.2) is 29.5 Å². The Hall–Kier alpha value is -6.21. The average Bonchev–Trinajstić information content (AvgIpc) is 3.62. The third-order valence-electron chi connectivity index (χ3n) is 8.61. The summed E-state index contributed by atoms with van der Waals surface area (Å²) in [5, 5.41) is 6.37. The van der Waals surface area contributed by atoms with Crippen molar-refractivity contribution in [2.75, 3.05) is 0 Å². The summed E-state index contributed by atoms with van der Waals surface area (Å²) in [6.45, 7) is 0. The molecule has 10 aromatic rings. The van der Waals surface area contributed by atoms with Crippen molar-refractivity contribution < 1.29 is 0 Å². The maximum atomic E-state index is 5.26. The van der Waals surface area contributed by atoms with Crippen molar-refractivity contribution in [1.29, 1.82) is 0 Å². The van der Waals surface area contributed by atoms with Gasteiger partial charge in [-0.05, 0) is 51.9 Å². The molecular weight excluding hydrogens is 542 g/mol. The first kappa shape index (κ1) is 23.4. The summed E-state index contributed by atoms with van der Waals surface area (Å²) in [7, 11) is 0. The Morgan fingerprint density at radius 3 is 1.98 bits per heavy atom. The van der Waals surface area contributed by atoms with Crippen LogP contribution in [0.1, 0.15) is 0 Å². The molecular formula is C37H21N7. The number of para-hydroxylation sites is 4. The van der Waals surface area contributed by atoms with Crippen molar-refractivity contribution in [1.82, 2.24) is 33.9 Å². The third-order valence-corrected chi connectivity index (χ3v) is 8.61. The van der Waals surface area contributed by atoms with E-state index in [-0.39, 0.29) is 0 Å². The minimum atomic E-state index is 0.543. The Kier molecular flexibility index (Phi) is 4.60. The number of aromatic nitrogens is 7. The van der Waals surface area contributed by atoms with Gasteiger partial charge in [0.15, 0.2) is 5.82 Å². The van der Waals surface area contributed by atoms with E-state index in [0.29, 0.717) is 11.8 Å². The maximum absolute atomic E-state index is 5.26. The highest BCUT2D eigenvalue weighted by Crippen LogP contribution is 2.35. The predicted octanol–water partition coefficient (Wildman–Crippen LogP) is 8.29. The van der Waals surface area contributed by atoms with E-state index in [9.17, 15) is 0 Å². The van der Waals surface area contributed by atoms with Crippen molar-refractivity contribution in [2.24, 2.45) is 0 Å². The molecule has 4 heterocycles. The molecule has 0 bridgehead atoms. The molecule has 0 fully saturated rings. The summed E-state index contributed by atoms with van der Waals surface area (Å²) in [5.41, 5.74) is 6.53. The first-order valence-corrected chi connectivity index (χ1v) is 14.5. The van der Waals surface area contributed by atoms with Crippen LogP contribution in [0.25, 0.3) is 88.5 Å². The van der Waals surface area contributed by atoms with E-state index < -0.39 is 0 Å². The second-order valence-corrected chi connectivity index (χ2v) is 11.1. The van der Waals surface area contributed by atoms with Gasteiger partial charge in [-0.3, -0.25) is 4.40 Å². The molecule has 0 radical (unpaired) electrons. The summed E-state index contributed by atoms with van der Waals surface area (Å²) >= 11 is 0. The van der Waals surface area contributed by atoms with E-state index in [1.54, 1.807) is 0 Å². The number of hydrogen-bond acceptors (Lipinski definition) is 5. The quantitative estimate of drug-likeness (QED) is 0.198. The monoisotopic (exact) mass is 563 g/mol. The lowest BCUT2D eigenvalue weighted by molar-refractivity contribution is 0.985. The molecule has 44 heavy (non-hydrogen) atoms. The minimum Gasteiger partial charge on any atom is -0.276 e. The van der Waals surface area contributed by atoms with Crippen LogP contribution in [0.5, 0.6) is 0 Å². The first-order valence-electron chi connectivity index (χ1n) is 14.5. The Bertz CT molecular complexity index is 2790. The fraction of sp³-hybridized carbons (Fsp3) is 0. The van der Waals surface area contributed by atoms with Gasteiger partial charge in [0.2, 0.25) is 11.7 Å². The van der Waals surface area contributed by atoms with Crippen molar-refractivity contribution in [3.05, 3.63) is 128 Å². The van der Waals surface area contributed by atoms with Crippen LogP contribution in [0.4, 0.5) is 0 Å². The van der Waals surface area contributed by atoms with Gasteiger partial charge in [0.05, 0.1) is 22.1 Å². The number of nitrogens with zero attached hydrogens (tertiary/aromatic N) is 7. The van der Waals surface area contributed by atoms with E-state index in [0.717, 1.165) is 71.4 Å². The summed E-state index contributed by atoms with van der Waals surface area (Å²) in [4.78, 5) is 25.3. The lowest BCUT2D eigenvalue weighted by Crippen LogP contribution is -2.03. The lowest BCUT2D eigenvalue weighted by Gasteiger charge is -2.11. The Balaban J connectivity index is 1.30. The molecule has 0 atom stereocenters. The summed E-state index contributed by atoms with van der Waals surface area (Å²) in [6, 6.07) is 39.5. The maximum Gasteiger partial charge on any atom is 0.237 e. The van der Waals surface area contributed by atoms with Gasteiger partial charge in [0, 0.05) is 28.7 Å². The van der Waals surface area contributed by atoms with E-state index in [4.69, 9.17) is 24.9 Å². The van der Waals surface area contributed by atoms with Crippen LogP contribution in [0, 0.1) is 0 Å². The number of imidazole rings is 2. The van der Waals surface area contributed by atoms with Gasteiger partial charge in [0.1, 0.15) is 11.0 Å². The van der Waals surface area contributed by atoms with Gasteiger partial charge < -0.3 is 0 Å². The Labute approximate surface area is 249 Å². The van der Waals surface area contributed by atoms with Gasteiger partial charge in [0.25, 0.3) is 0 Å². The van der Waals surface area contributed by atoms with Crippen LogP contribution in [-0.2, 0) is 0 Å². The minimum absolute atomic E-state index is 0.543. The smallest absolute Gasteiger partial charge is 0.237 e. The van der Waals surface area contributed by atoms with Crippen molar-refractivity contribution >= 4 is 71.2 Å². The molecule has 0 unspecified atom stereocenters. The highest BCUT2D eigenvalue weighted by molar-refractivity contribution is 6.23. The second-order valence-electron chi connectivity index (χ2n) is 11.1. The molecule has 0 aliphatic carbocycles. The predicted molar refractivity (Wildman–Crippen MR) is 176 cm³/mol. The fourth-order valence-corrected chi connectivity index (χ4v) is 6.59. The van der Waals surface area contributed by atoms with Crippen LogP contribution in [0.15, 0.2) is 128 Å². The molecule has 0 amide bonds. The van der Waals surface area contributed by atoms with Gasteiger partial charge >= 0.3 is 0 Å². The topological polar surface area (TPSA) is 73.8 Å². The van der Waals surface area contributed by atoms with Crippen LogP contribution < -0.4 is 0 Å². The van der Waals surface area contributed by atoms with E-state index >= 15 is 0 Å². The number of fused-ring (bicyclic) bond motifs is 12. The molecule has 7 nitrogen and oxygen atoms in total. The molecule has 0 aliphatic heterocycles. The van der Waals surface area contributed by atoms with Crippen molar-refractivity contribution in [3.8, 4) is 17.3 Å². The van der Waals surface area contributed by atoms with Crippen LogP contribution >= 0.6 is 0 Å². The number of benzene rings is 6. The van der Waals surface area contributed by atoms with Crippen molar-refractivity contribution in [3.63, 3.8) is 0 Å². The zero-order valence-electron chi connectivity index (χ0n) is 23.3. The molecule has 7 heteroatoms. The number of hydrogen-bond donors (Lipinski definition) is 0. The van der Waals surface area contributed by atoms with E-state index in [1.807, 2.05) is 59.4 Å². The zero-order chi connectivity index (χ0) is 28.8. The molecule has 0 aliphatic rings. The second kappa shape index (κ2) is 8.65. The first-order chi connectivity index (χ1) is 21.8. The van der Waals surface area contributed by atoms with Gasteiger partial charge in [-0.1, -0.05) is 84.9 Å². The zero-order valence-corrected chi connectivity index (χ0v) is 23.3. The van der Waals surface area contributed by atoms with Gasteiger partial charge in [-0.15, -0.1) is 0 Å². The number of rotatable bonds is 2. The normalized spacial score (nSPS) is 12.1. The lowest BCUT2D eigenvalue weighted by atomic mass is 10.0. The molecule has 0 saturated carbocycles.